The van der Waals surface area contributed by atoms with E-state index in [1.54, 1.807) is 0 Å². The summed E-state index contributed by atoms with van der Waals surface area (Å²) >= 11 is 0. The molecule has 3 fully saturated rings. The highest BCUT2D eigenvalue weighted by Crippen LogP contribution is 2.32. The van der Waals surface area contributed by atoms with E-state index in [2.05, 4.69) is 4.90 Å². The lowest BCUT2D eigenvalue weighted by Gasteiger charge is -2.43. The van der Waals surface area contributed by atoms with Gasteiger partial charge in [-0.2, -0.15) is 0 Å². The molecule has 0 bridgehead atoms. The Morgan fingerprint density at radius 1 is 1.00 bits per heavy atom. The molecule has 0 amide bonds. The lowest BCUT2D eigenvalue weighted by Crippen LogP contribution is -2.49. The minimum atomic E-state index is -0.0668. The van der Waals surface area contributed by atoms with Crippen molar-refractivity contribution in [2.75, 3.05) is 19.8 Å². The van der Waals surface area contributed by atoms with Gasteiger partial charge in [-0.1, -0.05) is 25.7 Å². The summed E-state index contributed by atoms with van der Waals surface area (Å²) in [5.74, 6) is 1.25. The fourth-order valence-electron chi connectivity index (χ4n) is 4.05. The zero-order valence-corrected chi connectivity index (χ0v) is 11.4. The molecule has 18 heavy (non-hydrogen) atoms. The second-order valence-corrected chi connectivity index (χ2v) is 6.53. The lowest BCUT2D eigenvalue weighted by molar-refractivity contribution is -0.125. The minimum Gasteiger partial charge on any atom is -0.393 e. The fraction of sp³-hybridized carbons (Fsp3) is 1.00. The maximum Gasteiger partial charge on any atom is 0.0994 e. The fourth-order valence-corrected chi connectivity index (χ4v) is 4.05. The normalized spacial score (nSPS) is 42.5. The zero-order valence-electron chi connectivity index (χ0n) is 11.4. The second-order valence-electron chi connectivity index (χ2n) is 6.53. The van der Waals surface area contributed by atoms with Crippen LogP contribution < -0.4 is 0 Å². The number of rotatable bonds is 2. The van der Waals surface area contributed by atoms with Crippen molar-refractivity contribution < 1.29 is 9.84 Å². The molecule has 1 heterocycles. The molecule has 1 N–H and O–H groups in total. The van der Waals surface area contributed by atoms with Gasteiger partial charge < -0.3 is 9.84 Å². The van der Waals surface area contributed by atoms with Crippen LogP contribution in [0.2, 0.25) is 0 Å². The largest absolute Gasteiger partial charge is 0.393 e. The quantitative estimate of drug-likeness (QED) is 0.820. The Balaban J connectivity index is 1.51. The van der Waals surface area contributed by atoms with Crippen LogP contribution in [0.3, 0.4) is 0 Å². The van der Waals surface area contributed by atoms with Gasteiger partial charge in [-0.05, 0) is 37.5 Å². The van der Waals surface area contributed by atoms with Gasteiger partial charge in [0, 0.05) is 13.1 Å². The molecule has 104 valence electrons. The smallest absolute Gasteiger partial charge is 0.0994 e. The summed E-state index contributed by atoms with van der Waals surface area (Å²) in [4.78, 5) is 2.45. The Hall–Kier alpha value is -0.120. The van der Waals surface area contributed by atoms with Crippen molar-refractivity contribution in [3.05, 3.63) is 0 Å². The van der Waals surface area contributed by atoms with E-state index >= 15 is 0 Å². The molecule has 2 aliphatic carbocycles. The van der Waals surface area contributed by atoms with Crippen molar-refractivity contribution in [2.24, 2.45) is 11.8 Å². The molecule has 2 saturated carbocycles. The van der Waals surface area contributed by atoms with Gasteiger partial charge in [0.25, 0.3) is 0 Å². The Labute approximate surface area is 110 Å². The molecule has 3 rings (SSSR count). The van der Waals surface area contributed by atoms with Gasteiger partial charge in [0.2, 0.25) is 0 Å². The van der Waals surface area contributed by atoms with Crippen LogP contribution in [0.5, 0.6) is 0 Å². The summed E-state index contributed by atoms with van der Waals surface area (Å²) in [6.07, 6.45) is 10.5. The van der Waals surface area contributed by atoms with E-state index in [1.807, 2.05) is 0 Å². The van der Waals surface area contributed by atoms with Gasteiger partial charge in [0.1, 0.15) is 0 Å². The number of nitrogens with zero attached hydrogens (tertiary/aromatic N) is 1. The van der Waals surface area contributed by atoms with Crippen LogP contribution in [0.25, 0.3) is 0 Å². The van der Waals surface area contributed by atoms with Crippen LogP contribution in [0, 0.1) is 11.8 Å². The lowest BCUT2D eigenvalue weighted by atomic mass is 9.83. The first-order valence-electron chi connectivity index (χ1n) is 7.85. The van der Waals surface area contributed by atoms with Gasteiger partial charge in [-0.25, -0.2) is 0 Å². The molecular formula is C15H27NO2. The summed E-state index contributed by atoms with van der Waals surface area (Å²) in [6, 6.07) is 0. The summed E-state index contributed by atoms with van der Waals surface area (Å²) in [6.45, 7) is 3.04. The maximum atomic E-state index is 10.1. The summed E-state index contributed by atoms with van der Waals surface area (Å²) in [5.41, 5.74) is 0. The molecule has 3 aliphatic rings. The Morgan fingerprint density at radius 2 is 1.78 bits per heavy atom. The van der Waals surface area contributed by atoms with Crippen LogP contribution in [-0.4, -0.2) is 42.0 Å². The number of aliphatic hydroxyl groups is 1. The number of fused-ring (bicyclic) bond motifs is 1. The highest BCUT2D eigenvalue weighted by molar-refractivity contribution is 4.84. The van der Waals surface area contributed by atoms with Crippen molar-refractivity contribution in [3.63, 3.8) is 0 Å². The molecule has 4 unspecified atom stereocenters. The van der Waals surface area contributed by atoms with Crippen molar-refractivity contribution in [2.45, 2.75) is 63.6 Å². The van der Waals surface area contributed by atoms with Crippen LogP contribution in [0.1, 0.15) is 51.4 Å². The predicted octanol–water partition coefficient (Wildman–Crippen LogP) is 2.39. The van der Waals surface area contributed by atoms with Gasteiger partial charge >= 0.3 is 0 Å². The summed E-state index contributed by atoms with van der Waals surface area (Å²) < 4.78 is 6.02. The van der Waals surface area contributed by atoms with Gasteiger partial charge in [0.15, 0.2) is 0 Å². The third-order valence-corrected chi connectivity index (χ3v) is 5.16. The van der Waals surface area contributed by atoms with E-state index < -0.39 is 0 Å². The average Bonchev–Trinajstić information content (AvgIpc) is 2.41. The first-order chi connectivity index (χ1) is 8.83. The van der Waals surface area contributed by atoms with Crippen molar-refractivity contribution in [1.82, 2.24) is 4.90 Å². The van der Waals surface area contributed by atoms with E-state index in [-0.39, 0.29) is 6.10 Å². The predicted molar refractivity (Wildman–Crippen MR) is 71.2 cm³/mol. The van der Waals surface area contributed by atoms with E-state index in [0.717, 1.165) is 25.6 Å². The van der Waals surface area contributed by atoms with Gasteiger partial charge in [-0.15, -0.1) is 0 Å². The number of hydrogen-bond donors (Lipinski definition) is 1. The molecule has 1 saturated heterocycles. The monoisotopic (exact) mass is 253 g/mol. The number of hydrogen-bond acceptors (Lipinski definition) is 3. The zero-order chi connectivity index (χ0) is 12.4. The van der Waals surface area contributed by atoms with Gasteiger partial charge in [-0.3, -0.25) is 4.90 Å². The molecular weight excluding hydrogens is 226 g/mol. The Bertz CT molecular complexity index is 271. The maximum absolute atomic E-state index is 10.1. The van der Waals surface area contributed by atoms with Crippen LogP contribution in [0.4, 0.5) is 0 Å². The molecule has 0 aromatic rings. The van der Waals surface area contributed by atoms with Crippen LogP contribution in [-0.2, 0) is 4.74 Å². The average molecular weight is 253 g/mol. The number of aliphatic hydroxyl groups excluding tert-OH is 1. The van der Waals surface area contributed by atoms with E-state index in [1.165, 1.54) is 51.5 Å². The van der Waals surface area contributed by atoms with E-state index in [4.69, 9.17) is 4.74 Å². The Kier molecular flexibility index (Phi) is 4.22. The summed E-state index contributed by atoms with van der Waals surface area (Å²) in [5, 5.41) is 10.1. The second kappa shape index (κ2) is 5.89. The van der Waals surface area contributed by atoms with Crippen molar-refractivity contribution >= 4 is 0 Å². The highest BCUT2D eigenvalue weighted by Gasteiger charge is 2.34. The van der Waals surface area contributed by atoms with Crippen LogP contribution in [0.15, 0.2) is 0 Å². The molecule has 1 aliphatic heterocycles. The molecule has 0 radical (unpaired) electrons. The SMILES string of the molecule is OC1CCCCC1CN1COC2CCCCC2C1. The minimum absolute atomic E-state index is 0.0668. The third-order valence-electron chi connectivity index (χ3n) is 5.16. The van der Waals surface area contributed by atoms with E-state index in [9.17, 15) is 5.11 Å². The topological polar surface area (TPSA) is 32.7 Å². The standard InChI is InChI=1S/C15H27NO2/c17-14-7-3-1-5-12(14)9-16-10-13-6-2-4-8-15(13)18-11-16/h12-15,17H,1-11H2. The first kappa shape index (κ1) is 12.9. The van der Waals surface area contributed by atoms with Crippen LogP contribution >= 0.6 is 0 Å². The Morgan fingerprint density at radius 3 is 2.67 bits per heavy atom. The molecule has 4 atom stereocenters. The first-order valence-corrected chi connectivity index (χ1v) is 7.85. The molecule has 0 aromatic carbocycles. The highest BCUT2D eigenvalue weighted by atomic mass is 16.5. The molecule has 3 nitrogen and oxygen atoms in total. The molecule has 0 spiro atoms. The molecule has 0 aromatic heterocycles. The molecule has 3 heteroatoms. The van der Waals surface area contributed by atoms with Gasteiger partial charge in [0.05, 0.1) is 18.9 Å². The van der Waals surface area contributed by atoms with Crippen molar-refractivity contribution in [3.8, 4) is 0 Å². The number of ether oxygens (including phenoxy) is 1. The summed E-state index contributed by atoms with van der Waals surface area (Å²) in [7, 11) is 0. The van der Waals surface area contributed by atoms with E-state index in [0.29, 0.717) is 12.0 Å². The van der Waals surface area contributed by atoms with Crippen molar-refractivity contribution in [1.29, 1.82) is 0 Å². The third kappa shape index (κ3) is 2.89.